The number of methoxy groups -OCH3 is 1. The number of esters is 1. The smallest absolute Gasteiger partial charge is 0.307 e. The molecule has 0 aromatic carbocycles. The number of anilines is 1. The van der Waals surface area contributed by atoms with Crippen LogP contribution in [0.2, 0.25) is 0 Å². The van der Waals surface area contributed by atoms with Crippen LogP contribution in [0.3, 0.4) is 0 Å². The minimum absolute atomic E-state index is 0.0663. The minimum atomic E-state index is -2.92. The zero-order valence-electron chi connectivity index (χ0n) is 13.8. The summed E-state index contributed by atoms with van der Waals surface area (Å²) in [5.74, 6) is -3.78. The van der Waals surface area contributed by atoms with Gasteiger partial charge in [0.05, 0.1) is 38.0 Å². The van der Waals surface area contributed by atoms with Crippen LogP contribution in [0, 0.1) is 0 Å². The highest BCUT2D eigenvalue weighted by Gasteiger charge is 2.45. The maximum Gasteiger partial charge on any atom is 0.307 e. The van der Waals surface area contributed by atoms with Crippen molar-refractivity contribution in [3.05, 3.63) is 22.8 Å². The number of aromatic nitrogens is 2. The molecule has 1 atom stereocenters. The Morgan fingerprint density at radius 2 is 2.31 bits per heavy atom. The number of nitrogens with zero attached hydrogens (tertiary/aromatic N) is 2. The summed E-state index contributed by atoms with van der Waals surface area (Å²) in [5, 5.41) is 9.31. The molecule has 0 saturated carbocycles. The molecule has 0 aliphatic carbocycles. The van der Waals surface area contributed by atoms with Gasteiger partial charge in [-0.2, -0.15) is 5.10 Å². The van der Waals surface area contributed by atoms with Gasteiger partial charge in [0.25, 0.3) is 11.8 Å². The largest absolute Gasteiger partial charge is 0.469 e. The molecule has 2 N–H and O–H groups in total. The number of carbonyl (C=O) groups is 2. The molecule has 2 aromatic rings. The fourth-order valence-corrected chi connectivity index (χ4v) is 4.73. The zero-order chi connectivity index (χ0) is 18.5. The standard InChI is InChI=1S/C16H16F2N4O3S/c1-25-11(23)2-9-6-22-7-16(17,18)3-10-12(22)14(15(24)21-9)26-13(10)8-4-19-20-5-8/h4-5,9H,2-3,6-7H2,1H3,(H,19,20)(H,21,24)/t9-/m1/s1. The van der Waals surface area contributed by atoms with Crippen molar-refractivity contribution in [2.75, 3.05) is 25.1 Å². The zero-order valence-corrected chi connectivity index (χ0v) is 14.7. The first-order valence-electron chi connectivity index (χ1n) is 8.03. The van der Waals surface area contributed by atoms with Gasteiger partial charge in [-0.05, 0) is 0 Å². The van der Waals surface area contributed by atoms with E-state index in [2.05, 4.69) is 20.3 Å². The number of hydrogen-bond donors (Lipinski definition) is 2. The van der Waals surface area contributed by atoms with E-state index in [0.717, 1.165) is 0 Å². The van der Waals surface area contributed by atoms with Crippen molar-refractivity contribution in [2.45, 2.75) is 24.8 Å². The molecule has 7 nitrogen and oxygen atoms in total. The van der Waals surface area contributed by atoms with Crippen molar-refractivity contribution < 1.29 is 23.1 Å². The Morgan fingerprint density at radius 1 is 1.50 bits per heavy atom. The number of alkyl halides is 2. The molecule has 0 saturated heterocycles. The van der Waals surface area contributed by atoms with Gasteiger partial charge in [-0.3, -0.25) is 14.7 Å². The first kappa shape index (κ1) is 17.0. The number of H-pyrrole nitrogens is 1. The van der Waals surface area contributed by atoms with Crippen molar-refractivity contribution in [1.29, 1.82) is 0 Å². The van der Waals surface area contributed by atoms with Gasteiger partial charge in [-0.1, -0.05) is 0 Å². The molecule has 4 rings (SSSR count). The van der Waals surface area contributed by atoms with Crippen molar-refractivity contribution in [2.24, 2.45) is 0 Å². The molecule has 1 amide bonds. The number of aromatic amines is 1. The third-order valence-electron chi connectivity index (χ3n) is 4.54. The first-order chi connectivity index (χ1) is 12.4. The van der Waals surface area contributed by atoms with E-state index in [-0.39, 0.29) is 18.9 Å². The highest BCUT2D eigenvalue weighted by molar-refractivity contribution is 7.18. The van der Waals surface area contributed by atoms with Crippen LogP contribution in [-0.2, 0) is 16.0 Å². The quantitative estimate of drug-likeness (QED) is 0.791. The van der Waals surface area contributed by atoms with Crippen molar-refractivity contribution in [3.63, 3.8) is 0 Å². The van der Waals surface area contributed by atoms with E-state index in [4.69, 9.17) is 0 Å². The lowest BCUT2D eigenvalue weighted by Crippen LogP contribution is -2.48. The lowest BCUT2D eigenvalue weighted by Gasteiger charge is -2.35. The Kier molecular flexibility index (Phi) is 3.94. The fourth-order valence-electron chi connectivity index (χ4n) is 3.51. The van der Waals surface area contributed by atoms with Crippen LogP contribution >= 0.6 is 11.3 Å². The van der Waals surface area contributed by atoms with E-state index >= 15 is 0 Å². The first-order valence-corrected chi connectivity index (χ1v) is 8.85. The van der Waals surface area contributed by atoms with Crippen LogP contribution in [-0.4, -0.2) is 54.2 Å². The summed E-state index contributed by atoms with van der Waals surface area (Å²) in [6, 6.07) is -0.589. The van der Waals surface area contributed by atoms with Gasteiger partial charge in [0.2, 0.25) is 0 Å². The van der Waals surface area contributed by atoms with Gasteiger partial charge in [0.15, 0.2) is 0 Å². The van der Waals surface area contributed by atoms with E-state index in [9.17, 15) is 18.4 Å². The SMILES string of the molecule is COC(=O)C[C@@H]1CN2CC(F)(F)Cc3c(-c4cn[nH]c4)sc(c32)C(=O)N1. The maximum atomic E-state index is 14.4. The van der Waals surface area contributed by atoms with Crippen LogP contribution < -0.4 is 10.2 Å². The molecule has 0 unspecified atom stereocenters. The Balaban J connectivity index is 1.79. The van der Waals surface area contributed by atoms with Gasteiger partial charge < -0.3 is 15.0 Å². The summed E-state index contributed by atoms with van der Waals surface area (Å²) in [5.41, 5.74) is 1.67. The highest BCUT2D eigenvalue weighted by atomic mass is 32.1. The molecule has 2 aromatic heterocycles. The Morgan fingerprint density at radius 3 is 3.00 bits per heavy atom. The third-order valence-corrected chi connectivity index (χ3v) is 5.81. The molecule has 26 heavy (non-hydrogen) atoms. The summed E-state index contributed by atoms with van der Waals surface area (Å²) in [7, 11) is 1.25. The van der Waals surface area contributed by atoms with Gasteiger partial charge in [-0.15, -0.1) is 11.3 Å². The molecular weight excluding hydrogens is 366 g/mol. The highest BCUT2D eigenvalue weighted by Crippen LogP contribution is 2.48. The normalized spacial score (nSPS) is 21.0. The van der Waals surface area contributed by atoms with E-state index in [0.29, 0.717) is 26.6 Å². The van der Waals surface area contributed by atoms with E-state index in [1.54, 1.807) is 12.4 Å². The molecular formula is C16H16F2N4O3S. The molecule has 0 fully saturated rings. The molecule has 2 aliphatic heterocycles. The summed E-state index contributed by atoms with van der Waals surface area (Å²) < 4.78 is 33.4. The van der Waals surface area contributed by atoms with Crippen LogP contribution in [0.5, 0.6) is 0 Å². The number of ether oxygens (including phenoxy) is 1. The maximum absolute atomic E-state index is 14.4. The monoisotopic (exact) mass is 382 g/mol. The summed E-state index contributed by atoms with van der Waals surface area (Å²) in [6.45, 7) is -0.362. The summed E-state index contributed by atoms with van der Waals surface area (Å²) in [4.78, 5) is 26.8. The predicted octanol–water partition coefficient (Wildman–Crippen LogP) is 1.81. The van der Waals surface area contributed by atoms with Crippen molar-refractivity contribution in [3.8, 4) is 10.4 Å². The van der Waals surface area contributed by atoms with Crippen LogP contribution in [0.15, 0.2) is 12.4 Å². The molecule has 138 valence electrons. The van der Waals surface area contributed by atoms with Gasteiger partial charge in [0, 0.05) is 35.2 Å². The van der Waals surface area contributed by atoms with Crippen LogP contribution in [0.25, 0.3) is 10.4 Å². The fraction of sp³-hybridized carbons (Fsp3) is 0.438. The second-order valence-corrected chi connectivity index (χ2v) is 7.46. The number of amides is 1. The number of halogens is 2. The van der Waals surface area contributed by atoms with E-state index in [1.165, 1.54) is 23.3 Å². The topological polar surface area (TPSA) is 87.3 Å². The molecule has 0 bridgehead atoms. The van der Waals surface area contributed by atoms with Crippen LogP contribution in [0.4, 0.5) is 14.5 Å². The Labute approximate surface area is 151 Å². The Hall–Kier alpha value is -2.49. The predicted molar refractivity (Wildman–Crippen MR) is 90.7 cm³/mol. The number of nitrogens with one attached hydrogen (secondary N) is 2. The average molecular weight is 382 g/mol. The van der Waals surface area contributed by atoms with Crippen LogP contribution in [0.1, 0.15) is 21.7 Å². The number of thiophene rings is 1. The molecule has 0 spiro atoms. The lowest BCUT2D eigenvalue weighted by molar-refractivity contribution is -0.141. The van der Waals surface area contributed by atoms with Crippen molar-refractivity contribution in [1.82, 2.24) is 15.5 Å². The number of rotatable bonds is 3. The molecule has 10 heteroatoms. The second kappa shape index (κ2) is 6.04. The van der Waals surface area contributed by atoms with Gasteiger partial charge in [-0.25, -0.2) is 8.78 Å². The Bertz CT molecular complexity index is 865. The minimum Gasteiger partial charge on any atom is -0.469 e. The van der Waals surface area contributed by atoms with Gasteiger partial charge in [0.1, 0.15) is 4.88 Å². The summed E-state index contributed by atoms with van der Waals surface area (Å²) in [6.07, 6.45) is 2.68. The number of carbonyl (C=O) groups excluding carboxylic acids is 2. The lowest BCUT2D eigenvalue weighted by atomic mass is 9.97. The molecule has 4 heterocycles. The summed E-state index contributed by atoms with van der Waals surface area (Å²) >= 11 is 1.17. The van der Waals surface area contributed by atoms with E-state index in [1.807, 2.05) is 0 Å². The average Bonchev–Trinajstić information content (AvgIpc) is 3.18. The third kappa shape index (κ3) is 2.83. The molecule has 2 aliphatic rings. The molecule has 0 radical (unpaired) electrons. The van der Waals surface area contributed by atoms with Gasteiger partial charge >= 0.3 is 5.97 Å². The number of hydrogen-bond acceptors (Lipinski definition) is 6. The van der Waals surface area contributed by atoms with E-state index < -0.39 is 30.9 Å². The van der Waals surface area contributed by atoms with Crippen molar-refractivity contribution >= 4 is 28.9 Å². The second-order valence-electron chi connectivity index (χ2n) is 6.44.